The second-order valence-corrected chi connectivity index (χ2v) is 8.79. The maximum Gasteiger partial charge on any atom is 0.348 e. The lowest BCUT2D eigenvalue weighted by Gasteiger charge is -2.30. The zero-order valence-corrected chi connectivity index (χ0v) is 16.2. The number of carbonyl (C=O) groups is 3. The summed E-state index contributed by atoms with van der Waals surface area (Å²) >= 11 is 0. The Morgan fingerprint density at radius 2 is 1.72 bits per heavy atom. The topological polar surface area (TPSA) is 160 Å². The number of hydrogen-bond donors (Lipinski definition) is 3. The standard InChI is InChI=1S/C17H18N2O9S/c1-17(2)27-15(22)13(16(23)28-17)9-7-12(14(21)18-24)19(8-9)29(25,26)11-5-3-10(20)4-6-11/h3-6,12,20,24H,7-8H2,1-2H3,(H,18,21). The van der Waals surface area contributed by atoms with Crippen molar-refractivity contribution < 1.29 is 42.6 Å². The largest absolute Gasteiger partial charge is 0.508 e. The summed E-state index contributed by atoms with van der Waals surface area (Å²) in [4.78, 5) is 36.4. The molecule has 11 nitrogen and oxygen atoms in total. The monoisotopic (exact) mass is 426 g/mol. The summed E-state index contributed by atoms with van der Waals surface area (Å²) in [5.74, 6) is -4.66. The first kappa shape index (κ1) is 20.8. The quantitative estimate of drug-likeness (QED) is 0.195. The van der Waals surface area contributed by atoms with Gasteiger partial charge in [-0.15, -0.1) is 0 Å². The number of esters is 2. The zero-order valence-electron chi connectivity index (χ0n) is 15.4. The Kier molecular flexibility index (Phi) is 5.11. The average Bonchev–Trinajstić information content (AvgIpc) is 3.05. The summed E-state index contributed by atoms with van der Waals surface area (Å²) in [6.07, 6.45) is -0.330. The van der Waals surface area contributed by atoms with Gasteiger partial charge in [-0.3, -0.25) is 10.0 Å². The molecule has 0 bridgehead atoms. The van der Waals surface area contributed by atoms with Gasteiger partial charge in [0.15, 0.2) is 0 Å². The molecule has 29 heavy (non-hydrogen) atoms. The molecule has 1 unspecified atom stereocenters. The number of phenols is 1. The number of nitrogens with zero attached hydrogens (tertiary/aromatic N) is 1. The summed E-state index contributed by atoms with van der Waals surface area (Å²) < 4.78 is 36.8. The number of sulfonamides is 1. The summed E-state index contributed by atoms with van der Waals surface area (Å²) in [6, 6.07) is 3.16. The van der Waals surface area contributed by atoms with Crippen molar-refractivity contribution in [3.05, 3.63) is 35.4 Å². The molecule has 3 N–H and O–H groups in total. The van der Waals surface area contributed by atoms with Crippen LogP contribution >= 0.6 is 0 Å². The number of carbonyl (C=O) groups excluding carboxylic acids is 3. The number of benzene rings is 1. The fourth-order valence-electron chi connectivity index (χ4n) is 3.12. The van der Waals surface area contributed by atoms with Gasteiger partial charge >= 0.3 is 11.9 Å². The highest BCUT2D eigenvalue weighted by atomic mass is 32.2. The van der Waals surface area contributed by atoms with Crippen molar-refractivity contribution in [1.82, 2.24) is 9.79 Å². The molecule has 0 aliphatic carbocycles. The van der Waals surface area contributed by atoms with Gasteiger partial charge in [0.05, 0.1) is 4.90 Å². The first-order chi connectivity index (χ1) is 13.5. The fourth-order valence-corrected chi connectivity index (χ4v) is 4.71. The van der Waals surface area contributed by atoms with Crippen molar-refractivity contribution >= 4 is 27.9 Å². The molecular formula is C17H18N2O9S. The molecule has 156 valence electrons. The van der Waals surface area contributed by atoms with E-state index in [4.69, 9.17) is 14.7 Å². The molecule has 2 heterocycles. The Balaban J connectivity index is 2.04. The summed E-state index contributed by atoms with van der Waals surface area (Å²) in [6.45, 7) is 2.26. The maximum atomic E-state index is 13.0. The Bertz CT molecular complexity index is 990. The van der Waals surface area contributed by atoms with Gasteiger partial charge in [0.2, 0.25) is 10.0 Å². The lowest BCUT2D eigenvalue weighted by Crippen LogP contribution is -2.45. The van der Waals surface area contributed by atoms with Gasteiger partial charge in [0.1, 0.15) is 17.4 Å². The Labute approximate surface area is 165 Å². The number of hydroxylamine groups is 1. The van der Waals surface area contributed by atoms with Crippen LogP contribution in [0.2, 0.25) is 0 Å². The molecule has 2 aliphatic heterocycles. The van der Waals surface area contributed by atoms with E-state index in [0.29, 0.717) is 0 Å². The first-order valence-electron chi connectivity index (χ1n) is 8.40. The number of phenolic OH excluding ortho intramolecular Hbond substituents is 1. The fraction of sp³-hybridized carbons (Fsp3) is 0.353. The van der Waals surface area contributed by atoms with Crippen molar-refractivity contribution in [3.63, 3.8) is 0 Å². The van der Waals surface area contributed by atoms with E-state index in [0.717, 1.165) is 28.6 Å². The predicted molar refractivity (Wildman–Crippen MR) is 93.6 cm³/mol. The molecule has 0 saturated carbocycles. The first-order valence-corrected chi connectivity index (χ1v) is 9.84. The van der Waals surface area contributed by atoms with E-state index >= 15 is 0 Å². The molecule has 2 fully saturated rings. The van der Waals surface area contributed by atoms with E-state index < -0.39 is 51.8 Å². The Morgan fingerprint density at radius 1 is 1.17 bits per heavy atom. The number of amides is 1. The third-order valence-electron chi connectivity index (χ3n) is 4.43. The Morgan fingerprint density at radius 3 is 2.24 bits per heavy atom. The lowest BCUT2D eigenvalue weighted by atomic mass is 10.0. The summed E-state index contributed by atoms with van der Waals surface area (Å²) in [5.41, 5.74) is 0.926. The lowest BCUT2D eigenvalue weighted by molar-refractivity contribution is -0.222. The van der Waals surface area contributed by atoms with Crippen LogP contribution in [-0.4, -0.2) is 59.3 Å². The molecule has 1 aromatic rings. The smallest absolute Gasteiger partial charge is 0.348 e. The SMILES string of the molecule is CC1(C)OC(=O)C(=C2CC(C(=O)NO)N(S(=O)(=O)c3ccc(O)cc3)C2)C(=O)O1. The minimum Gasteiger partial charge on any atom is -0.508 e. The highest BCUT2D eigenvalue weighted by molar-refractivity contribution is 7.89. The van der Waals surface area contributed by atoms with Crippen molar-refractivity contribution in [2.45, 2.75) is 37.0 Å². The van der Waals surface area contributed by atoms with E-state index in [9.17, 15) is 27.9 Å². The van der Waals surface area contributed by atoms with Gasteiger partial charge in [-0.05, 0) is 36.3 Å². The summed E-state index contributed by atoms with van der Waals surface area (Å²) in [5, 5.41) is 18.4. The van der Waals surface area contributed by atoms with Gasteiger partial charge < -0.3 is 14.6 Å². The number of ether oxygens (including phenoxy) is 2. The minimum absolute atomic E-state index is 0.0199. The van der Waals surface area contributed by atoms with Gasteiger partial charge in [0.25, 0.3) is 11.7 Å². The van der Waals surface area contributed by atoms with Crippen LogP contribution in [0.5, 0.6) is 5.75 Å². The second kappa shape index (κ2) is 7.13. The molecule has 1 aromatic carbocycles. The molecule has 0 radical (unpaired) electrons. The van der Waals surface area contributed by atoms with Crippen LogP contribution in [-0.2, 0) is 33.9 Å². The molecule has 2 aliphatic rings. The van der Waals surface area contributed by atoms with Crippen molar-refractivity contribution in [1.29, 1.82) is 0 Å². The number of cyclic esters (lactones) is 2. The molecule has 0 spiro atoms. The second-order valence-electron chi connectivity index (χ2n) is 6.90. The van der Waals surface area contributed by atoms with Crippen LogP contribution in [0.3, 0.4) is 0 Å². The Hall–Kier alpha value is -2.96. The third kappa shape index (κ3) is 3.81. The average molecular weight is 426 g/mol. The predicted octanol–water partition coefficient (Wildman–Crippen LogP) is -0.207. The highest BCUT2D eigenvalue weighted by Gasteiger charge is 2.47. The van der Waals surface area contributed by atoms with Crippen molar-refractivity contribution in [2.75, 3.05) is 6.54 Å². The van der Waals surface area contributed by atoms with Crippen LogP contribution in [0, 0.1) is 0 Å². The van der Waals surface area contributed by atoms with Crippen LogP contribution in [0.25, 0.3) is 0 Å². The van der Waals surface area contributed by atoms with Crippen molar-refractivity contribution in [2.24, 2.45) is 0 Å². The van der Waals surface area contributed by atoms with E-state index in [1.54, 1.807) is 0 Å². The van der Waals surface area contributed by atoms with Crippen molar-refractivity contribution in [3.8, 4) is 5.75 Å². The number of nitrogens with one attached hydrogen (secondary N) is 1. The van der Waals surface area contributed by atoms with Crippen LogP contribution in [0.15, 0.2) is 40.3 Å². The highest BCUT2D eigenvalue weighted by Crippen LogP contribution is 2.34. The molecule has 3 rings (SSSR count). The normalized spacial score (nSPS) is 22.2. The van der Waals surface area contributed by atoms with Gasteiger partial charge in [0, 0.05) is 20.4 Å². The zero-order chi connectivity index (χ0) is 21.6. The number of hydrogen-bond acceptors (Lipinski definition) is 9. The molecule has 1 atom stereocenters. The summed E-state index contributed by atoms with van der Waals surface area (Å²) in [7, 11) is -4.28. The molecule has 12 heteroatoms. The van der Waals surface area contributed by atoms with E-state index in [2.05, 4.69) is 0 Å². The third-order valence-corrected chi connectivity index (χ3v) is 6.30. The maximum absolute atomic E-state index is 13.0. The van der Waals surface area contributed by atoms with Crippen LogP contribution < -0.4 is 5.48 Å². The van der Waals surface area contributed by atoms with Gasteiger partial charge in [-0.25, -0.2) is 23.5 Å². The minimum atomic E-state index is -4.28. The van der Waals surface area contributed by atoms with Crippen LogP contribution in [0.1, 0.15) is 20.3 Å². The molecule has 0 aromatic heterocycles. The molecular weight excluding hydrogens is 408 g/mol. The number of aromatic hydroxyl groups is 1. The number of rotatable bonds is 3. The van der Waals surface area contributed by atoms with E-state index in [1.807, 2.05) is 0 Å². The van der Waals surface area contributed by atoms with Gasteiger partial charge in [-0.1, -0.05) is 0 Å². The van der Waals surface area contributed by atoms with Gasteiger partial charge in [-0.2, -0.15) is 4.31 Å². The molecule has 2 saturated heterocycles. The van der Waals surface area contributed by atoms with Crippen LogP contribution in [0.4, 0.5) is 0 Å². The van der Waals surface area contributed by atoms with E-state index in [-0.39, 0.29) is 22.6 Å². The molecule has 1 amide bonds. The van der Waals surface area contributed by atoms with E-state index in [1.165, 1.54) is 19.3 Å².